The molecule has 0 aliphatic rings. The second kappa shape index (κ2) is 8.13. The topological polar surface area (TPSA) is 76.7 Å². The molecule has 18 heavy (non-hydrogen) atoms. The van der Waals surface area contributed by atoms with Crippen LogP contribution in [0.4, 0.5) is 11.9 Å². The van der Waals surface area contributed by atoms with Crippen molar-refractivity contribution < 1.29 is 0 Å². The average Bonchev–Trinajstić information content (AvgIpc) is 2.28. The van der Waals surface area contributed by atoms with Gasteiger partial charge in [-0.3, -0.25) is 0 Å². The Hall–Kier alpha value is -1.04. The van der Waals surface area contributed by atoms with Gasteiger partial charge in [0.2, 0.25) is 11.9 Å². The molecule has 0 amide bonds. The number of nitrogen functional groups attached to an aromatic ring is 1. The van der Waals surface area contributed by atoms with Crippen LogP contribution in [0.25, 0.3) is 0 Å². The Bertz CT molecular complexity index is 358. The number of hydrogen-bond donors (Lipinski definition) is 2. The van der Waals surface area contributed by atoms with Crippen molar-refractivity contribution in [3.05, 3.63) is 5.82 Å². The third-order valence-corrected chi connectivity index (χ3v) is 3.38. The molecule has 0 bridgehead atoms. The van der Waals surface area contributed by atoms with Crippen molar-refractivity contribution in [2.45, 2.75) is 46.1 Å². The molecule has 0 saturated carbocycles. The minimum atomic E-state index is 0.297. The molecule has 0 fully saturated rings. The zero-order valence-electron chi connectivity index (χ0n) is 11.4. The lowest BCUT2D eigenvalue weighted by Crippen LogP contribution is -2.19. The first-order valence-electron chi connectivity index (χ1n) is 6.50. The van der Waals surface area contributed by atoms with E-state index < -0.39 is 0 Å². The van der Waals surface area contributed by atoms with Gasteiger partial charge in [-0.05, 0) is 31.3 Å². The molecular weight excluding hydrogens is 246 g/mol. The van der Waals surface area contributed by atoms with Crippen LogP contribution in [0.15, 0.2) is 0 Å². The lowest BCUT2D eigenvalue weighted by atomic mass is 10.3. The molecule has 0 aromatic carbocycles. The smallest absolute Gasteiger partial charge is 0.227 e. The zero-order valence-corrected chi connectivity index (χ0v) is 12.3. The Morgan fingerprint density at radius 2 is 2.06 bits per heavy atom. The molecule has 0 aliphatic heterocycles. The standard InChI is InChI=1S/C12H23N5S/c1-4-6-10-15-11(13)17-12(16-10)14-9(3)7-8-18-5-2/h9H,4-8H2,1-3H3,(H3,13,14,15,16,17). The summed E-state index contributed by atoms with van der Waals surface area (Å²) < 4.78 is 0. The molecule has 6 heteroatoms. The second-order valence-electron chi connectivity index (χ2n) is 4.21. The number of hydrogen-bond acceptors (Lipinski definition) is 6. The Balaban J connectivity index is 2.54. The minimum absolute atomic E-state index is 0.297. The van der Waals surface area contributed by atoms with E-state index in [0.717, 1.165) is 36.6 Å². The van der Waals surface area contributed by atoms with Crippen molar-refractivity contribution >= 4 is 23.7 Å². The van der Waals surface area contributed by atoms with Crippen molar-refractivity contribution in [3.8, 4) is 0 Å². The highest BCUT2D eigenvalue weighted by atomic mass is 32.2. The number of rotatable bonds is 8. The molecule has 1 aromatic rings. The number of thioether (sulfide) groups is 1. The van der Waals surface area contributed by atoms with E-state index in [0.29, 0.717) is 17.9 Å². The fourth-order valence-corrected chi connectivity index (χ4v) is 2.34. The van der Waals surface area contributed by atoms with Crippen LogP contribution in [0, 0.1) is 0 Å². The van der Waals surface area contributed by atoms with E-state index in [1.165, 1.54) is 0 Å². The predicted octanol–water partition coefficient (Wildman–Crippen LogP) is 2.35. The molecule has 1 heterocycles. The molecule has 5 nitrogen and oxygen atoms in total. The van der Waals surface area contributed by atoms with Gasteiger partial charge in [-0.2, -0.15) is 26.7 Å². The Labute approximate surface area is 113 Å². The van der Waals surface area contributed by atoms with Crippen LogP contribution in [0.1, 0.15) is 39.4 Å². The molecular formula is C12H23N5S. The van der Waals surface area contributed by atoms with Gasteiger partial charge in [-0.15, -0.1) is 0 Å². The van der Waals surface area contributed by atoms with Gasteiger partial charge in [0, 0.05) is 12.5 Å². The van der Waals surface area contributed by atoms with E-state index >= 15 is 0 Å². The summed E-state index contributed by atoms with van der Waals surface area (Å²) in [6, 6.07) is 0.348. The maximum Gasteiger partial charge on any atom is 0.227 e. The number of nitrogens with one attached hydrogen (secondary N) is 1. The highest BCUT2D eigenvalue weighted by Gasteiger charge is 2.07. The molecule has 1 unspecified atom stereocenters. The maximum atomic E-state index is 5.68. The summed E-state index contributed by atoms with van der Waals surface area (Å²) >= 11 is 1.94. The lowest BCUT2D eigenvalue weighted by molar-refractivity contribution is 0.748. The van der Waals surface area contributed by atoms with Crippen LogP contribution < -0.4 is 11.1 Å². The van der Waals surface area contributed by atoms with E-state index in [4.69, 9.17) is 5.73 Å². The van der Waals surface area contributed by atoms with Crippen LogP contribution >= 0.6 is 11.8 Å². The van der Waals surface area contributed by atoms with Crippen molar-refractivity contribution in [1.29, 1.82) is 0 Å². The molecule has 0 radical (unpaired) electrons. The largest absolute Gasteiger partial charge is 0.368 e. The Kier molecular flexibility index (Phi) is 6.78. The summed E-state index contributed by atoms with van der Waals surface area (Å²) in [7, 11) is 0. The highest BCUT2D eigenvalue weighted by molar-refractivity contribution is 7.99. The second-order valence-corrected chi connectivity index (χ2v) is 5.61. The summed E-state index contributed by atoms with van der Waals surface area (Å²) in [5.41, 5.74) is 5.68. The van der Waals surface area contributed by atoms with Gasteiger partial charge >= 0.3 is 0 Å². The summed E-state index contributed by atoms with van der Waals surface area (Å²) in [5.74, 6) is 3.97. The lowest BCUT2D eigenvalue weighted by Gasteiger charge is -2.13. The molecule has 1 rings (SSSR count). The van der Waals surface area contributed by atoms with Gasteiger partial charge in [0.05, 0.1) is 0 Å². The zero-order chi connectivity index (χ0) is 13.4. The van der Waals surface area contributed by atoms with Gasteiger partial charge < -0.3 is 11.1 Å². The van der Waals surface area contributed by atoms with Crippen molar-refractivity contribution in [2.24, 2.45) is 0 Å². The fourth-order valence-electron chi connectivity index (χ4n) is 1.53. The van der Waals surface area contributed by atoms with Crippen LogP contribution in [0.2, 0.25) is 0 Å². The van der Waals surface area contributed by atoms with Crippen molar-refractivity contribution in [2.75, 3.05) is 22.6 Å². The molecule has 3 N–H and O–H groups in total. The van der Waals surface area contributed by atoms with Crippen molar-refractivity contribution in [3.63, 3.8) is 0 Å². The Morgan fingerprint density at radius 1 is 1.28 bits per heavy atom. The number of aryl methyl sites for hydroxylation is 1. The Morgan fingerprint density at radius 3 is 2.72 bits per heavy atom. The number of nitrogens with zero attached hydrogens (tertiary/aromatic N) is 3. The van der Waals surface area contributed by atoms with Gasteiger partial charge in [0.1, 0.15) is 5.82 Å². The van der Waals surface area contributed by atoms with Crippen LogP contribution in [-0.4, -0.2) is 32.5 Å². The summed E-state index contributed by atoms with van der Waals surface area (Å²) in [6.45, 7) is 6.40. The first-order chi connectivity index (χ1) is 8.65. The van der Waals surface area contributed by atoms with E-state index in [1.807, 2.05) is 11.8 Å². The minimum Gasteiger partial charge on any atom is -0.368 e. The van der Waals surface area contributed by atoms with Crippen LogP contribution in [0.5, 0.6) is 0 Å². The summed E-state index contributed by atoms with van der Waals surface area (Å²) in [4.78, 5) is 12.6. The first-order valence-corrected chi connectivity index (χ1v) is 7.65. The molecule has 1 atom stereocenters. The monoisotopic (exact) mass is 269 g/mol. The summed E-state index contributed by atoms with van der Waals surface area (Å²) in [6.07, 6.45) is 2.93. The predicted molar refractivity (Wildman–Crippen MR) is 78.9 cm³/mol. The van der Waals surface area contributed by atoms with Gasteiger partial charge in [-0.25, -0.2) is 0 Å². The van der Waals surface area contributed by atoms with Crippen LogP contribution in [0.3, 0.4) is 0 Å². The summed E-state index contributed by atoms with van der Waals surface area (Å²) in [5, 5.41) is 3.28. The molecule has 1 aromatic heterocycles. The third-order valence-electron chi connectivity index (χ3n) is 2.45. The van der Waals surface area contributed by atoms with Gasteiger partial charge in [0.25, 0.3) is 0 Å². The normalized spacial score (nSPS) is 12.4. The van der Waals surface area contributed by atoms with E-state index in [9.17, 15) is 0 Å². The number of nitrogens with two attached hydrogens (primary N) is 1. The maximum absolute atomic E-state index is 5.68. The van der Waals surface area contributed by atoms with Gasteiger partial charge in [-0.1, -0.05) is 13.8 Å². The van der Waals surface area contributed by atoms with Crippen LogP contribution in [-0.2, 0) is 6.42 Å². The first kappa shape index (κ1) is 15.0. The number of aromatic nitrogens is 3. The number of anilines is 2. The van der Waals surface area contributed by atoms with E-state index in [-0.39, 0.29) is 0 Å². The van der Waals surface area contributed by atoms with E-state index in [1.54, 1.807) is 0 Å². The fraction of sp³-hybridized carbons (Fsp3) is 0.750. The highest BCUT2D eigenvalue weighted by Crippen LogP contribution is 2.09. The average molecular weight is 269 g/mol. The molecule has 102 valence electrons. The van der Waals surface area contributed by atoms with Crippen molar-refractivity contribution in [1.82, 2.24) is 15.0 Å². The quantitative estimate of drug-likeness (QED) is 0.705. The molecule has 0 aliphatic carbocycles. The SMILES string of the molecule is CCCc1nc(N)nc(NC(C)CCSCC)n1. The molecule has 0 spiro atoms. The molecule has 0 saturated heterocycles. The van der Waals surface area contributed by atoms with Gasteiger partial charge in [0.15, 0.2) is 0 Å². The third kappa shape index (κ3) is 5.53. The van der Waals surface area contributed by atoms with E-state index in [2.05, 4.69) is 41.0 Å².